The third kappa shape index (κ3) is 3.71. The van der Waals surface area contributed by atoms with Crippen molar-refractivity contribution < 1.29 is 4.74 Å². The molecule has 0 saturated carbocycles. The summed E-state index contributed by atoms with van der Waals surface area (Å²) in [6.45, 7) is 7.59. The van der Waals surface area contributed by atoms with E-state index in [0.29, 0.717) is 12.0 Å². The Bertz CT molecular complexity index is 417. The Labute approximate surface area is 116 Å². The molecule has 1 atom stereocenters. The molecular weight excluding hydrogens is 236 g/mol. The molecule has 2 N–H and O–H groups in total. The summed E-state index contributed by atoms with van der Waals surface area (Å²) in [6, 6.07) is 6.89. The molecule has 0 radical (unpaired) electrons. The lowest BCUT2D eigenvalue weighted by molar-refractivity contribution is 0.201. The molecule has 1 aromatic rings. The fourth-order valence-electron chi connectivity index (χ4n) is 2.83. The van der Waals surface area contributed by atoms with Gasteiger partial charge < -0.3 is 10.5 Å². The van der Waals surface area contributed by atoms with Crippen LogP contribution in [0.25, 0.3) is 0 Å². The second kappa shape index (κ2) is 6.40. The van der Waals surface area contributed by atoms with Crippen molar-refractivity contribution in [1.82, 2.24) is 4.90 Å². The zero-order valence-electron chi connectivity index (χ0n) is 12.4. The third-order valence-electron chi connectivity index (χ3n) is 3.86. The van der Waals surface area contributed by atoms with Gasteiger partial charge in [-0.1, -0.05) is 26.0 Å². The largest absolute Gasteiger partial charge is 0.496 e. The van der Waals surface area contributed by atoms with E-state index in [4.69, 9.17) is 10.5 Å². The van der Waals surface area contributed by atoms with Gasteiger partial charge in [-0.25, -0.2) is 0 Å². The number of hydrogen-bond acceptors (Lipinski definition) is 3. The fourth-order valence-corrected chi connectivity index (χ4v) is 2.83. The van der Waals surface area contributed by atoms with Crippen molar-refractivity contribution in [2.24, 2.45) is 5.73 Å². The summed E-state index contributed by atoms with van der Waals surface area (Å²) in [4.78, 5) is 2.46. The lowest BCUT2D eigenvalue weighted by Gasteiger charge is -2.30. The first-order valence-electron chi connectivity index (χ1n) is 7.25. The molecule has 3 nitrogen and oxygen atoms in total. The van der Waals surface area contributed by atoms with Crippen LogP contribution in [0, 0.1) is 0 Å². The van der Waals surface area contributed by atoms with Crippen LogP contribution in [0.4, 0.5) is 0 Å². The minimum absolute atomic E-state index is 0.344. The summed E-state index contributed by atoms with van der Waals surface area (Å²) >= 11 is 0. The van der Waals surface area contributed by atoms with E-state index in [1.807, 2.05) is 0 Å². The minimum Gasteiger partial charge on any atom is -0.496 e. The molecule has 1 unspecified atom stereocenters. The van der Waals surface area contributed by atoms with Crippen molar-refractivity contribution in [2.45, 2.75) is 45.2 Å². The monoisotopic (exact) mass is 262 g/mol. The van der Waals surface area contributed by atoms with Crippen LogP contribution in [0.15, 0.2) is 18.2 Å². The van der Waals surface area contributed by atoms with E-state index in [0.717, 1.165) is 31.8 Å². The average molecular weight is 262 g/mol. The highest BCUT2D eigenvalue weighted by atomic mass is 16.5. The number of likely N-dealkylation sites (tertiary alicyclic amines) is 1. The van der Waals surface area contributed by atoms with Gasteiger partial charge in [-0.15, -0.1) is 0 Å². The van der Waals surface area contributed by atoms with Crippen molar-refractivity contribution in [3.05, 3.63) is 29.3 Å². The van der Waals surface area contributed by atoms with Crippen LogP contribution in [0.3, 0.4) is 0 Å². The maximum atomic E-state index is 6.04. The number of benzene rings is 1. The third-order valence-corrected chi connectivity index (χ3v) is 3.86. The van der Waals surface area contributed by atoms with Gasteiger partial charge >= 0.3 is 0 Å². The molecule has 1 aromatic carbocycles. The smallest absolute Gasteiger partial charge is 0.122 e. The number of piperidine rings is 1. The summed E-state index contributed by atoms with van der Waals surface area (Å²) in [6.07, 6.45) is 2.38. The predicted molar refractivity (Wildman–Crippen MR) is 79.6 cm³/mol. The molecule has 19 heavy (non-hydrogen) atoms. The zero-order chi connectivity index (χ0) is 13.8. The van der Waals surface area contributed by atoms with E-state index in [9.17, 15) is 0 Å². The Kier molecular flexibility index (Phi) is 4.83. The van der Waals surface area contributed by atoms with Crippen molar-refractivity contribution in [3.63, 3.8) is 0 Å². The number of hydrogen-bond donors (Lipinski definition) is 1. The Hall–Kier alpha value is -1.06. The summed E-state index contributed by atoms with van der Waals surface area (Å²) < 4.78 is 5.44. The number of rotatable bonds is 4. The fraction of sp³-hybridized carbons (Fsp3) is 0.625. The normalized spacial score (nSPS) is 20.8. The molecule has 0 spiro atoms. The molecular formula is C16H26N2O. The molecule has 1 heterocycles. The first-order chi connectivity index (χ1) is 9.10. The van der Waals surface area contributed by atoms with Crippen LogP contribution in [-0.2, 0) is 6.54 Å². The van der Waals surface area contributed by atoms with E-state index < -0.39 is 0 Å². The first-order valence-corrected chi connectivity index (χ1v) is 7.25. The van der Waals surface area contributed by atoms with Gasteiger partial charge in [-0.2, -0.15) is 0 Å². The zero-order valence-corrected chi connectivity index (χ0v) is 12.4. The molecule has 106 valence electrons. The van der Waals surface area contributed by atoms with Crippen LogP contribution in [0.2, 0.25) is 0 Å². The number of ether oxygens (including phenoxy) is 1. The van der Waals surface area contributed by atoms with E-state index in [-0.39, 0.29) is 0 Å². The second-order valence-corrected chi connectivity index (χ2v) is 5.87. The number of methoxy groups -OCH3 is 1. The Morgan fingerprint density at radius 1 is 1.42 bits per heavy atom. The van der Waals surface area contributed by atoms with Gasteiger partial charge in [0.15, 0.2) is 0 Å². The molecule has 1 aliphatic rings. The van der Waals surface area contributed by atoms with Gasteiger partial charge in [0.25, 0.3) is 0 Å². The van der Waals surface area contributed by atoms with Crippen LogP contribution in [-0.4, -0.2) is 31.1 Å². The Balaban J connectivity index is 2.10. The molecule has 0 amide bonds. The molecule has 1 aliphatic heterocycles. The van der Waals surface area contributed by atoms with Crippen LogP contribution < -0.4 is 10.5 Å². The maximum absolute atomic E-state index is 6.04. The van der Waals surface area contributed by atoms with Crippen LogP contribution >= 0.6 is 0 Å². The Morgan fingerprint density at radius 3 is 2.84 bits per heavy atom. The van der Waals surface area contributed by atoms with Gasteiger partial charge in [0, 0.05) is 19.1 Å². The highest BCUT2D eigenvalue weighted by Gasteiger charge is 2.17. The quantitative estimate of drug-likeness (QED) is 0.906. The summed E-state index contributed by atoms with van der Waals surface area (Å²) in [5.74, 6) is 1.48. The second-order valence-electron chi connectivity index (χ2n) is 5.87. The summed E-state index contributed by atoms with van der Waals surface area (Å²) in [5.41, 5.74) is 8.69. The first kappa shape index (κ1) is 14.4. The van der Waals surface area contributed by atoms with Gasteiger partial charge in [0.1, 0.15) is 5.75 Å². The van der Waals surface area contributed by atoms with E-state index in [2.05, 4.69) is 36.9 Å². The Morgan fingerprint density at radius 2 is 2.21 bits per heavy atom. The lowest BCUT2D eigenvalue weighted by Crippen LogP contribution is -2.42. The van der Waals surface area contributed by atoms with Crippen molar-refractivity contribution in [1.29, 1.82) is 0 Å². The molecule has 2 rings (SSSR count). The molecule has 0 bridgehead atoms. The topological polar surface area (TPSA) is 38.5 Å². The van der Waals surface area contributed by atoms with Gasteiger partial charge in [0.2, 0.25) is 0 Å². The molecule has 1 fully saturated rings. The van der Waals surface area contributed by atoms with Crippen molar-refractivity contribution in [2.75, 3.05) is 20.2 Å². The molecule has 0 aliphatic carbocycles. The van der Waals surface area contributed by atoms with Gasteiger partial charge in [-0.3, -0.25) is 4.90 Å². The van der Waals surface area contributed by atoms with Crippen LogP contribution in [0.5, 0.6) is 5.75 Å². The number of nitrogens with two attached hydrogens (primary N) is 1. The van der Waals surface area contributed by atoms with Crippen molar-refractivity contribution in [3.8, 4) is 5.75 Å². The predicted octanol–water partition coefficient (Wildman–Crippen LogP) is 2.74. The lowest BCUT2D eigenvalue weighted by atomic mass is 9.98. The standard InChI is InChI=1S/C16H26N2O/c1-12(2)15-9-13(6-7-16(15)19-3)10-18-8-4-5-14(17)11-18/h6-7,9,12,14H,4-5,8,10-11,17H2,1-3H3. The molecule has 0 aromatic heterocycles. The van der Waals surface area contributed by atoms with E-state index in [1.165, 1.54) is 17.5 Å². The molecule has 3 heteroatoms. The average Bonchev–Trinajstić information content (AvgIpc) is 2.38. The van der Waals surface area contributed by atoms with Crippen LogP contribution in [0.1, 0.15) is 43.7 Å². The van der Waals surface area contributed by atoms with E-state index >= 15 is 0 Å². The van der Waals surface area contributed by atoms with E-state index in [1.54, 1.807) is 7.11 Å². The summed E-state index contributed by atoms with van der Waals surface area (Å²) in [7, 11) is 1.74. The highest BCUT2D eigenvalue weighted by molar-refractivity contribution is 5.39. The highest BCUT2D eigenvalue weighted by Crippen LogP contribution is 2.28. The van der Waals surface area contributed by atoms with Gasteiger partial charge in [0.05, 0.1) is 7.11 Å². The van der Waals surface area contributed by atoms with Crippen molar-refractivity contribution >= 4 is 0 Å². The summed E-state index contributed by atoms with van der Waals surface area (Å²) in [5, 5.41) is 0. The molecule has 1 saturated heterocycles. The van der Waals surface area contributed by atoms with Gasteiger partial charge in [-0.05, 0) is 42.5 Å². The SMILES string of the molecule is COc1ccc(CN2CCCC(N)C2)cc1C(C)C. The maximum Gasteiger partial charge on any atom is 0.122 e. The minimum atomic E-state index is 0.344. The number of nitrogens with zero attached hydrogens (tertiary/aromatic N) is 1.